The SMILES string of the molecule is CC(=O)OCC1=C(OC(C)=O)C(OC(C)=O)[C@H](N2C(=O)c3ccccc3C2=O)O1. The number of ether oxygens (including phenoxy) is 4. The van der Waals surface area contributed by atoms with Crippen LogP contribution in [0.3, 0.4) is 0 Å². The molecule has 29 heavy (non-hydrogen) atoms. The molecule has 0 bridgehead atoms. The molecule has 10 nitrogen and oxygen atoms in total. The zero-order valence-corrected chi connectivity index (χ0v) is 15.8. The molecule has 0 saturated carbocycles. The Morgan fingerprint density at radius 1 is 0.966 bits per heavy atom. The maximum atomic E-state index is 12.8. The highest BCUT2D eigenvalue weighted by Gasteiger charge is 2.52. The minimum Gasteiger partial charge on any atom is -0.462 e. The second kappa shape index (κ2) is 7.74. The first kappa shape index (κ1) is 20.1. The third-order valence-electron chi connectivity index (χ3n) is 4.09. The van der Waals surface area contributed by atoms with E-state index >= 15 is 0 Å². The summed E-state index contributed by atoms with van der Waals surface area (Å²) in [5.41, 5.74) is 0.315. The van der Waals surface area contributed by atoms with Crippen LogP contribution in [-0.4, -0.2) is 53.6 Å². The van der Waals surface area contributed by atoms with Gasteiger partial charge in [-0.05, 0) is 12.1 Å². The Morgan fingerprint density at radius 2 is 1.55 bits per heavy atom. The lowest BCUT2D eigenvalue weighted by Gasteiger charge is -2.27. The van der Waals surface area contributed by atoms with E-state index in [9.17, 15) is 24.0 Å². The molecule has 2 amide bonds. The molecule has 2 aliphatic heterocycles. The van der Waals surface area contributed by atoms with E-state index in [2.05, 4.69) is 0 Å². The first-order valence-corrected chi connectivity index (χ1v) is 8.56. The van der Waals surface area contributed by atoms with Crippen molar-refractivity contribution in [3.05, 3.63) is 46.9 Å². The molecule has 1 unspecified atom stereocenters. The Balaban J connectivity index is 1.99. The lowest BCUT2D eigenvalue weighted by Crippen LogP contribution is -2.48. The van der Waals surface area contributed by atoms with Crippen LogP contribution in [0.2, 0.25) is 0 Å². The zero-order chi connectivity index (χ0) is 21.3. The van der Waals surface area contributed by atoms with Crippen molar-refractivity contribution in [2.45, 2.75) is 33.1 Å². The van der Waals surface area contributed by atoms with Crippen LogP contribution in [0.1, 0.15) is 41.5 Å². The summed E-state index contributed by atoms with van der Waals surface area (Å²) in [6, 6.07) is 6.15. The molecule has 0 fully saturated rings. The summed E-state index contributed by atoms with van der Waals surface area (Å²) >= 11 is 0. The highest BCUT2D eigenvalue weighted by Crippen LogP contribution is 2.36. The van der Waals surface area contributed by atoms with Crippen molar-refractivity contribution in [3.63, 3.8) is 0 Å². The molecule has 2 atom stereocenters. The molecule has 10 heteroatoms. The van der Waals surface area contributed by atoms with Crippen molar-refractivity contribution in [1.82, 2.24) is 4.90 Å². The number of benzene rings is 1. The summed E-state index contributed by atoms with van der Waals surface area (Å²) in [7, 11) is 0. The van der Waals surface area contributed by atoms with Crippen LogP contribution in [0, 0.1) is 0 Å². The van der Waals surface area contributed by atoms with Crippen LogP contribution < -0.4 is 0 Å². The van der Waals surface area contributed by atoms with Crippen molar-refractivity contribution >= 4 is 29.7 Å². The van der Waals surface area contributed by atoms with Crippen molar-refractivity contribution < 1.29 is 42.9 Å². The lowest BCUT2D eigenvalue weighted by molar-refractivity contribution is -0.156. The van der Waals surface area contributed by atoms with Gasteiger partial charge in [-0.2, -0.15) is 0 Å². The third-order valence-corrected chi connectivity index (χ3v) is 4.09. The number of esters is 3. The first-order valence-electron chi connectivity index (χ1n) is 8.56. The Labute approximate surface area is 164 Å². The number of fused-ring (bicyclic) bond motifs is 1. The van der Waals surface area contributed by atoms with Crippen LogP contribution in [-0.2, 0) is 33.3 Å². The fraction of sp³-hybridized carbons (Fsp3) is 0.316. The maximum Gasteiger partial charge on any atom is 0.307 e. The Bertz CT molecular complexity index is 914. The second-order valence-electron chi connectivity index (χ2n) is 6.23. The van der Waals surface area contributed by atoms with Crippen molar-refractivity contribution in [3.8, 4) is 0 Å². The molecule has 0 aromatic heterocycles. The van der Waals surface area contributed by atoms with Gasteiger partial charge in [0.2, 0.25) is 12.3 Å². The summed E-state index contributed by atoms with van der Waals surface area (Å²) in [6.45, 7) is 2.92. The van der Waals surface area contributed by atoms with Gasteiger partial charge in [-0.3, -0.25) is 24.0 Å². The largest absolute Gasteiger partial charge is 0.462 e. The van der Waals surface area contributed by atoms with Gasteiger partial charge < -0.3 is 18.9 Å². The minimum atomic E-state index is -1.44. The number of carbonyl (C=O) groups is 5. The van der Waals surface area contributed by atoms with Gasteiger partial charge in [0.05, 0.1) is 11.1 Å². The van der Waals surface area contributed by atoms with Crippen LogP contribution >= 0.6 is 0 Å². The van der Waals surface area contributed by atoms with E-state index in [1.807, 2.05) is 0 Å². The van der Waals surface area contributed by atoms with Crippen LogP contribution in [0.4, 0.5) is 0 Å². The predicted molar refractivity (Wildman–Crippen MR) is 92.8 cm³/mol. The van der Waals surface area contributed by atoms with Crippen LogP contribution in [0.25, 0.3) is 0 Å². The molecule has 0 saturated heterocycles. The molecule has 0 spiro atoms. The van der Waals surface area contributed by atoms with Gasteiger partial charge in [0, 0.05) is 20.8 Å². The van der Waals surface area contributed by atoms with E-state index < -0.39 is 48.7 Å². The molecule has 1 aromatic carbocycles. The standard InChI is InChI=1S/C19H17NO9/c1-9(21)26-8-14-15(27-10(2)22)16(28-11(3)23)19(29-14)20-17(24)12-6-4-5-7-13(12)18(20)25/h4-7,16,19H,8H2,1-3H3/t16?,19-/m1/s1. The van der Waals surface area contributed by atoms with Gasteiger partial charge in [-0.1, -0.05) is 12.1 Å². The Hall–Kier alpha value is -3.69. The first-order chi connectivity index (χ1) is 13.7. The topological polar surface area (TPSA) is 126 Å². The monoisotopic (exact) mass is 403 g/mol. The molecular weight excluding hydrogens is 386 g/mol. The fourth-order valence-electron chi connectivity index (χ4n) is 3.01. The van der Waals surface area contributed by atoms with Gasteiger partial charge in [0.25, 0.3) is 11.8 Å². The number of nitrogens with zero attached hydrogens (tertiary/aromatic N) is 1. The van der Waals surface area contributed by atoms with E-state index in [-0.39, 0.29) is 22.6 Å². The maximum absolute atomic E-state index is 12.8. The minimum absolute atomic E-state index is 0.150. The average molecular weight is 403 g/mol. The summed E-state index contributed by atoms with van der Waals surface area (Å²) in [5.74, 6) is -3.90. The van der Waals surface area contributed by atoms with Crippen LogP contribution in [0.15, 0.2) is 35.8 Å². The number of hydrogen-bond donors (Lipinski definition) is 0. The quantitative estimate of drug-likeness (QED) is 0.400. The molecular formula is C19H17NO9. The van der Waals surface area contributed by atoms with Crippen molar-refractivity contribution in [1.29, 1.82) is 0 Å². The lowest BCUT2D eigenvalue weighted by atomic mass is 10.1. The number of rotatable bonds is 5. The fourth-order valence-corrected chi connectivity index (χ4v) is 3.01. The highest BCUT2D eigenvalue weighted by molar-refractivity contribution is 6.21. The van der Waals surface area contributed by atoms with E-state index in [1.165, 1.54) is 12.1 Å². The summed E-state index contributed by atoms with van der Waals surface area (Å²) in [5, 5.41) is 0. The molecule has 3 rings (SSSR count). The summed E-state index contributed by atoms with van der Waals surface area (Å²) < 4.78 is 20.8. The molecule has 152 valence electrons. The molecule has 0 radical (unpaired) electrons. The van der Waals surface area contributed by atoms with Gasteiger partial charge in [0.15, 0.2) is 18.1 Å². The predicted octanol–water partition coefficient (Wildman–Crippen LogP) is 0.908. The smallest absolute Gasteiger partial charge is 0.307 e. The van der Waals surface area contributed by atoms with E-state index in [0.717, 1.165) is 25.7 Å². The molecule has 2 heterocycles. The number of amides is 2. The van der Waals surface area contributed by atoms with Gasteiger partial charge in [0.1, 0.15) is 0 Å². The van der Waals surface area contributed by atoms with E-state index in [4.69, 9.17) is 18.9 Å². The number of imide groups is 1. The zero-order valence-electron chi connectivity index (χ0n) is 15.8. The average Bonchev–Trinajstić information content (AvgIpc) is 3.08. The Morgan fingerprint density at radius 3 is 2.03 bits per heavy atom. The third kappa shape index (κ3) is 3.82. The number of hydrogen-bond acceptors (Lipinski definition) is 9. The molecule has 0 N–H and O–H groups in total. The van der Waals surface area contributed by atoms with Gasteiger partial charge in [-0.15, -0.1) is 0 Å². The van der Waals surface area contributed by atoms with Crippen molar-refractivity contribution in [2.75, 3.05) is 6.61 Å². The molecule has 0 aliphatic carbocycles. The van der Waals surface area contributed by atoms with Crippen molar-refractivity contribution in [2.24, 2.45) is 0 Å². The number of carbonyl (C=O) groups excluding carboxylic acids is 5. The van der Waals surface area contributed by atoms with E-state index in [1.54, 1.807) is 12.1 Å². The molecule has 2 aliphatic rings. The second-order valence-corrected chi connectivity index (χ2v) is 6.23. The van der Waals surface area contributed by atoms with Crippen LogP contribution in [0.5, 0.6) is 0 Å². The Kier molecular flexibility index (Phi) is 5.35. The normalized spacial score (nSPS) is 20.3. The summed E-state index contributed by atoms with van der Waals surface area (Å²) in [6.07, 6.45) is -2.85. The molecule has 1 aromatic rings. The summed E-state index contributed by atoms with van der Waals surface area (Å²) in [4.78, 5) is 60.7. The highest BCUT2D eigenvalue weighted by atomic mass is 16.6. The van der Waals surface area contributed by atoms with E-state index in [0.29, 0.717) is 0 Å². The van der Waals surface area contributed by atoms with Gasteiger partial charge >= 0.3 is 17.9 Å². The van der Waals surface area contributed by atoms with Gasteiger partial charge in [-0.25, -0.2) is 4.90 Å².